The molecule has 1 aliphatic rings. The number of anilines is 1. The number of hydrogen-bond acceptors (Lipinski definition) is 7. The van der Waals surface area contributed by atoms with Gasteiger partial charge < -0.3 is 19.5 Å². The van der Waals surface area contributed by atoms with Crippen LogP contribution in [0.1, 0.15) is 19.0 Å². The van der Waals surface area contributed by atoms with E-state index in [1.807, 2.05) is 6.07 Å². The van der Waals surface area contributed by atoms with E-state index in [-0.39, 0.29) is 12.1 Å². The van der Waals surface area contributed by atoms with Crippen LogP contribution in [0.15, 0.2) is 12.4 Å². The Morgan fingerprint density at radius 3 is 3.23 bits per heavy atom. The summed E-state index contributed by atoms with van der Waals surface area (Å²) in [5.41, 5.74) is 0.808. The van der Waals surface area contributed by atoms with Gasteiger partial charge >= 0.3 is 0 Å². The van der Waals surface area contributed by atoms with E-state index in [0.29, 0.717) is 25.6 Å². The molecule has 1 saturated heterocycles. The van der Waals surface area contributed by atoms with Gasteiger partial charge in [0.2, 0.25) is 0 Å². The average molecular weight is 307 g/mol. The Morgan fingerprint density at radius 2 is 2.45 bits per heavy atom. The van der Waals surface area contributed by atoms with Crippen LogP contribution in [0.4, 0.5) is 5.82 Å². The Hall–Kier alpha value is -1.77. The third-order valence-electron chi connectivity index (χ3n) is 3.46. The van der Waals surface area contributed by atoms with Crippen LogP contribution >= 0.6 is 0 Å². The summed E-state index contributed by atoms with van der Waals surface area (Å²) in [5.74, 6) is 1.38. The van der Waals surface area contributed by atoms with Gasteiger partial charge in [0.1, 0.15) is 12.1 Å². The second-order valence-corrected chi connectivity index (χ2v) is 5.40. The molecule has 8 nitrogen and oxygen atoms in total. The largest absolute Gasteiger partial charge is 0.379 e. The molecule has 0 radical (unpaired) electrons. The van der Waals surface area contributed by atoms with Crippen LogP contribution in [0.3, 0.4) is 0 Å². The van der Waals surface area contributed by atoms with Crippen molar-refractivity contribution in [2.75, 3.05) is 32.2 Å². The highest BCUT2D eigenvalue weighted by Crippen LogP contribution is 2.14. The molecular weight excluding hydrogens is 286 g/mol. The monoisotopic (exact) mass is 307 g/mol. The highest BCUT2D eigenvalue weighted by molar-refractivity contribution is 5.45. The Bertz CT molecular complexity index is 612. The summed E-state index contributed by atoms with van der Waals surface area (Å²) in [6, 6.07) is 2.05. The van der Waals surface area contributed by atoms with Crippen LogP contribution in [-0.4, -0.2) is 58.7 Å². The third-order valence-corrected chi connectivity index (χ3v) is 3.46. The second kappa shape index (κ2) is 6.99. The first-order chi connectivity index (χ1) is 10.8. The normalized spacial score (nSPS) is 19.6. The lowest BCUT2D eigenvalue weighted by molar-refractivity contribution is 0.0394. The number of hydrogen-bond donors (Lipinski definition) is 1. The van der Waals surface area contributed by atoms with Crippen LogP contribution in [0.25, 0.3) is 5.78 Å². The van der Waals surface area contributed by atoms with Crippen LogP contribution in [0.2, 0.25) is 0 Å². The molecule has 2 aromatic rings. The van der Waals surface area contributed by atoms with Gasteiger partial charge in [-0.15, -0.1) is 0 Å². The van der Waals surface area contributed by atoms with Crippen molar-refractivity contribution < 1.29 is 14.2 Å². The predicted octanol–water partition coefficient (Wildman–Crippen LogP) is 0.877. The zero-order valence-electron chi connectivity index (χ0n) is 12.9. The second-order valence-electron chi connectivity index (χ2n) is 5.40. The van der Waals surface area contributed by atoms with E-state index < -0.39 is 0 Å². The molecule has 1 aliphatic heterocycles. The highest BCUT2D eigenvalue weighted by Gasteiger charge is 2.17. The van der Waals surface area contributed by atoms with E-state index in [4.69, 9.17) is 14.2 Å². The summed E-state index contributed by atoms with van der Waals surface area (Å²) in [6.07, 6.45) is 2.66. The maximum Gasteiger partial charge on any atom is 0.254 e. The number of nitrogens with one attached hydrogen (secondary N) is 1. The SMILES string of the molecule is COCc1cc(NC(C)COC2CCOC2)n2ncnc2n1. The zero-order valence-corrected chi connectivity index (χ0v) is 12.9. The van der Waals surface area contributed by atoms with Crippen molar-refractivity contribution in [2.24, 2.45) is 0 Å². The number of fused-ring (bicyclic) bond motifs is 1. The number of rotatable bonds is 7. The highest BCUT2D eigenvalue weighted by atomic mass is 16.5. The minimum atomic E-state index is 0.130. The Morgan fingerprint density at radius 1 is 1.55 bits per heavy atom. The average Bonchev–Trinajstić information content (AvgIpc) is 3.16. The quantitative estimate of drug-likeness (QED) is 0.813. The maximum atomic E-state index is 5.84. The summed E-state index contributed by atoms with van der Waals surface area (Å²) < 4.78 is 18.0. The predicted molar refractivity (Wildman–Crippen MR) is 79.8 cm³/mol. The van der Waals surface area contributed by atoms with Crippen molar-refractivity contribution >= 4 is 11.6 Å². The first kappa shape index (κ1) is 15.1. The molecule has 120 valence electrons. The lowest BCUT2D eigenvalue weighted by Gasteiger charge is -2.18. The lowest BCUT2D eigenvalue weighted by atomic mass is 10.3. The fraction of sp³-hybridized carbons (Fsp3) is 0.643. The summed E-state index contributed by atoms with van der Waals surface area (Å²) in [7, 11) is 1.64. The van der Waals surface area contributed by atoms with Gasteiger partial charge in [0.05, 0.1) is 31.6 Å². The van der Waals surface area contributed by atoms with E-state index in [2.05, 4.69) is 27.3 Å². The molecule has 1 N–H and O–H groups in total. The summed E-state index contributed by atoms with van der Waals surface area (Å²) in [4.78, 5) is 8.51. The van der Waals surface area contributed by atoms with Crippen LogP contribution in [-0.2, 0) is 20.8 Å². The molecule has 0 aliphatic carbocycles. The molecule has 1 fully saturated rings. The summed E-state index contributed by atoms with van der Waals surface area (Å²) in [5, 5.41) is 7.58. The van der Waals surface area contributed by atoms with Gasteiger partial charge in [-0.25, -0.2) is 4.98 Å². The first-order valence-electron chi connectivity index (χ1n) is 7.40. The molecular formula is C14H21N5O3. The van der Waals surface area contributed by atoms with E-state index >= 15 is 0 Å². The molecule has 3 rings (SSSR count). The molecule has 22 heavy (non-hydrogen) atoms. The van der Waals surface area contributed by atoms with Crippen molar-refractivity contribution in [1.82, 2.24) is 19.6 Å². The van der Waals surface area contributed by atoms with Gasteiger partial charge in [-0.3, -0.25) is 0 Å². The fourth-order valence-electron chi connectivity index (χ4n) is 2.40. The lowest BCUT2D eigenvalue weighted by Crippen LogP contribution is -2.27. The molecule has 2 atom stereocenters. The van der Waals surface area contributed by atoms with Gasteiger partial charge in [-0.1, -0.05) is 0 Å². The molecule has 2 aromatic heterocycles. The molecule has 0 bridgehead atoms. The number of ether oxygens (including phenoxy) is 3. The van der Waals surface area contributed by atoms with E-state index in [0.717, 1.165) is 24.5 Å². The topological polar surface area (TPSA) is 82.8 Å². The number of nitrogens with zero attached hydrogens (tertiary/aromatic N) is 4. The van der Waals surface area contributed by atoms with Crippen LogP contribution in [0, 0.1) is 0 Å². The Balaban J connectivity index is 1.67. The maximum absolute atomic E-state index is 5.84. The van der Waals surface area contributed by atoms with Gasteiger partial charge in [0.25, 0.3) is 5.78 Å². The number of aromatic nitrogens is 4. The van der Waals surface area contributed by atoms with Gasteiger partial charge in [-0.2, -0.15) is 14.6 Å². The third kappa shape index (κ3) is 3.52. The van der Waals surface area contributed by atoms with Crippen molar-refractivity contribution in [2.45, 2.75) is 32.1 Å². The van der Waals surface area contributed by atoms with Crippen LogP contribution < -0.4 is 5.32 Å². The van der Waals surface area contributed by atoms with Gasteiger partial charge in [-0.05, 0) is 13.3 Å². The molecule has 0 aromatic carbocycles. The van der Waals surface area contributed by atoms with E-state index in [1.54, 1.807) is 11.6 Å². The fourth-order valence-corrected chi connectivity index (χ4v) is 2.40. The minimum absolute atomic E-state index is 0.130. The first-order valence-corrected chi connectivity index (χ1v) is 7.40. The van der Waals surface area contributed by atoms with Crippen molar-refractivity contribution in [1.29, 1.82) is 0 Å². The molecule has 0 amide bonds. The van der Waals surface area contributed by atoms with Crippen molar-refractivity contribution in [3.8, 4) is 0 Å². The van der Waals surface area contributed by atoms with Gasteiger partial charge in [0, 0.05) is 25.8 Å². The smallest absolute Gasteiger partial charge is 0.254 e. The molecule has 0 spiro atoms. The number of methoxy groups -OCH3 is 1. The van der Waals surface area contributed by atoms with Crippen molar-refractivity contribution in [3.05, 3.63) is 18.1 Å². The van der Waals surface area contributed by atoms with E-state index in [1.165, 1.54) is 6.33 Å². The van der Waals surface area contributed by atoms with Crippen LogP contribution in [0.5, 0.6) is 0 Å². The minimum Gasteiger partial charge on any atom is -0.379 e. The van der Waals surface area contributed by atoms with E-state index in [9.17, 15) is 0 Å². The summed E-state index contributed by atoms with van der Waals surface area (Å²) >= 11 is 0. The Labute approximate surface area is 128 Å². The molecule has 0 saturated carbocycles. The zero-order chi connectivity index (χ0) is 15.4. The molecule has 2 unspecified atom stereocenters. The van der Waals surface area contributed by atoms with Gasteiger partial charge in [0.15, 0.2) is 0 Å². The molecule has 3 heterocycles. The van der Waals surface area contributed by atoms with Crippen molar-refractivity contribution in [3.63, 3.8) is 0 Å². The summed E-state index contributed by atoms with van der Waals surface area (Å²) in [6.45, 7) is 4.58. The molecule has 8 heteroatoms. The standard InChI is InChI=1S/C14H21N5O3/c1-10(6-22-12-3-4-21-8-12)17-13-5-11(7-20-2)18-14-15-9-16-19(13)14/h5,9-10,12,17H,3-4,6-8H2,1-2H3. The Kier molecular flexibility index (Phi) is 4.81.